The zero-order valence-corrected chi connectivity index (χ0v) is 8.02. The van der Waals surface area contributed by atoms with E-state index >= 15 is 0 Å². The molecule has 0 amide bonds. The highest BCUT2D eigenvalue weighted by atomic mass is 13.9. The van der Waals surface area contributed by atoms with Crippen LogP contribution in [-0.2, 0) is 6.42 Å². The van der Waals surface area contributed by atoms with Crippen molar-refractivity contribution in [2.24, 2.45) is 0 Å². The second-order valence-electron chi connectivity index (χ2n) is 2.34. The molecule has 0 saturated carbocycles. The van der Waals surface area contributed by atoms with E-state index in [0.717, 1.165) is 6.42 Å². The molecular formula is C13H26. The predicted molar refractivity (Wildman–Crippen MR) is 65.4 cm³/mol. The van der Waals surface area contributed by atoms with Crippen LogP contribution in [-0.4, -0.2) is 0 Å². The van der Waals surface area contributed by atoms with E-state index in [4.69, 9.17) is 0 Å². The maximum absolute atomic E-state index is 2.18. The first-order valence-electron chi connectivity index (χ1n) is 4.38. The molecule has 0 aliphatic carbocycles. The fourth-order valence-corrected chi connectivity index (χ4v) is 0.824. The van der Waals surface area contributed by atoms with E-state index in [2.05, 4.69) is 38.1 Å². The Morgan fingerprint density at radius 3 is 1.62 bits per heavy atom. The number of rotatable bonds is 1. The third kappa shape index (κ3) is 7.58. The first kappa shape index (κ1) is 18.1. The third-order valence-electron chi connectivity index (χ3n) is 1.53. The van der Waals surface area contributed by atoms with Crippen LogP contribution >= 0.6 is 0 Å². The van der Waals surface area contributed by atoms with Crippen LogP contribution in [0.4, 0.5) is 0 Å². The summed E-state index contributed by atoms with van der Waals surface area (Å²) >= 11 is 0. The normalized spacial score (nSPS) is 7.08. The predicted octanol–water partition coefficient (Wildman–Crippen LogP) is 4.86. The van der Waals surface area contributed by atoms with Crippen molar-refractivity contribution in [1.29, 1.82) is 0 Å². The average Bonchev–Trinajstić information content (AvgIpc) is 2.10. The lowest BCUT2D eigenvalue weighted by Gasteiger charge is -1.94. The smallest absolute Gasteiger partial charge is 0.0307 e. The van der Waals surface area contributed by atoms with Crippen LogP contribution in [0.3, 0.4) is 0 Å². The lowest BCUT2D eigenvalue weighted by Crippen LogP contribution is -1.77. The molecule has 0 aliphatic rings. The van der Waals surface area contributed by atoms with E-state index in [0.29, 0.717) is 0 Å². The summed E-state index contributed by atoms with van der Waals surface area (Å²) in [6, 6.07) is 8.66. The zero-order chi connectivity index (χ0) is 8.69. The Labute approximate surface area is 85.0 Å². The minimum absolute atomic E-state index is 0. The van der Waals surface area contributed by atoms with Crippen molar-refractivity contribution in [3.63, 3.8) is 0 Å². The summed E-state index contributed by atoms with van der Waals surface area (Å²) < 4.78 is 0. The highest BCUT2D eigenvalue weighted by molar-refractivity contribution is 5.20. The van der Waals surface area contributed by atoms with E-state index in [1.54, 1.807) is 0 Å². The summed E-state index contributed by atoms with van der Waals surface area (Å²) in [5.74, 6) is 0. The van der Waals surface area contributed by atoms with Crippen LogP contribution in [0.15, 0.2) is 24.3 Å². The standard InChI is InChI=1S/C9H12.C2H6.2CH4/c1-3-9-6-4-8(2)5-7-9;1-2;;/h4-7H,3H2,1-2H3;1-2H3;2*1H4. The van der Waals surface area contributed by atoms with Gasteiger partial charge in [-0.1, -0.05) is 65.5 Å². The van der Waals surface area contributed by atoms with Gasteiger partial charge in [0.1, 0.15) is 0 Å². The first-order chi connectivity index (χ1) is 5.33. The number of aryl methyl sites for hydroxylation is 2. The second kappa shape index (κ2) is 11.2. The minimum atomic E-state index is 0. The van der Waals surface area contributed by atoms with Gasteiger partial charge in [0.05, 0.1) is 0 Å². The highest BCUT2D eigenvalue weighted by Crippen LogP contribution is 2.02. The fraction of sp³-hybridized carbons (Fsp3) is 0.538. The molecule has 0 aromatic heterocycles. The Bertz CT molecular complexity index is 172. The van der Waals surface area contributed by atoms with Crippen molar-refractivity contribution in [3.05, 3.63) is 35.4 Å². The van der Waals surface area contributed by atoms with Crippen LogP contribution in [0.2, 0.25) is 0 Å². The Morgan fingerprint density at radius 2 is 1.31 bits per heavy atom. The molecule has 0 heteroatoms. The molecule has 0 atom stereocenters. The number of hydrogen-bond acceptors (Lipinski definition) is 0. The molecule has 0 radical (unpaired) electrons. The Morgan fingerprint density at radius 1 is 0.923 bits per heavy atom. The maximum Gasteiger partial charge on any atom is -0.0307 e. The summed E-state index contributed by atoms with van der Waals surface area (Å²) in [5, 5.41) is 0. The third-order valence-corrected chi connectivity index (χ3v) is 1.53. The summed E-state index contributed by atoms with van der Waals surface area (Å²) in [6.45, 7) is 8.28. The van der Waals surface area contributed by atoms with Crippen LogP contribution in [0, 0.1) is 6.92 Å². The largest absolute Gasteiger partial charge is 0.0776 e. The van der Waals surface area contributed by atoms with Crippen molar-refractivity contribution >= 4 is 0 Å². The van der Waals surface area contributed by atoms with Gasteiger partial charge >= 0.3 is 0 Å². The van der Waals surface area contributed by atoms with E-state index in [9.17, 15) is 0 Å². The summed E-state index contributed by atoms with van der Waals surface area (Å²) in [4.78, 5) is 0. The Kier molecular flexibility index (Phi) is 15.6. The van der Waals surface area contributed by atoms with E-state index < -0.39 is 0 Å². The molecule has 1 aromatic carbocycles. The Balaban J connectivity index is -0.000000234. The molecule has 13 heavy (non-hydrogen) atoms. The van der Waals surface area contributed by atoms with Gasteiger partial charge in [-0.25, -0.2) is 0 Å². The molecule has 0 saturated heterocycles. The van der Waals surface area contributed by atoms with E-state index in [-0.39, 0.29) is 14.9 Å². The molecule has 0 heterocycles. The molecule has 1 aromatic rings. The minimum Gasteiger partial charge on any atom is -0.0776 e. The molecule has 0 unspecified atom stereocenters. The summed E-state index contributed by atoms with van der Waals surface area (Å²) in [6.07, 6.45) is 1.14. The average molecular weight is 182 g/mol. The lowest BCUT2D eigenvalue weighted by atomic mass is 10.1. The van der Waals surface area contributed by atoms with Crippen LogP contribution in [0.5, 0.6) is 0 Å². The van der Waals surface area contributed by atoms with E-state index in [1.807, 2.05) is 13.8 Å². The Hall–Kier alpha value is -0.780. The van der Waals surface area contributed by atoms with Gasteiger partial charge in [0.2, 0.25) is 0 Å². The molecule has 0 nitrogen and oxygen atoms in total. The van der Waals surface area contributed by atoms with Crippen molar-refractivity contribution in [3.8, 4) is 0 Å². The first-order valence-corrected chi connectivity index (χ1v) is 4.38. The molecule has 78 valence electrons. The van der Waals surface area contributed by atoms with Gasteiger partial charge in [-0.2, -0.15) is 0 Å². The van der Waals surface area contributed by atoms with E-state index in [1.165, 1.54) is 11.1 Å². The monoisotopic (exact) mass is 182 g/mol. The molecule has 0 aliphatic heterocycles. The zero-order valence-electron chi connectivity index (χ0n) is 8.02. The fourth-order valence-electron chi connectivity index (χ4n) is 0.824. The topological polar surface area (TPSA) is 0 Å². The van der Waals surface area contributed by atoms with Crippen LogP contribution in [0.25, 0.3) is 0 Å². The summed E-state index contributed by atoms with van der Waals surface area (Å²) in [5.41, 5.74) is 2.76. The second-order valence-corrected chi connectivity index (χ2v) is 2.34. The molecule has 0 N–H and O–H groups in total. The van der Waals surface area contributed by atoms with Crippen LogP contribution < -0.4 is 0 Å². The van der Waals surface area contributed by atoms with Gasteiger partial charge in [0.25, 0.3) is 0 Å². The quantitative estimate of drug-likeness (QED) is 0.582. The van der Waals surface area contributed by atoms with Crippen molar-refractivity contribution in [2.75, 3.05) is 0 Å². The van der Waals surface area contributed by atoms with Gasteiger partial charge in [-0.05, 0) is 18.9 Å². The summed E-state index contributed by atoms with van der Waals surface area (Å²) in [7, 11) is 0. The van der Waals surface area contributed by atoms with Gasteiger partial charge in [-0.3, -0.25) is 0 Å². The van der Waals surface area contributed by atoms with Crippen molar-refractivity contribution < 1.29 is 0 Å². The van der Waals surface area contributed by atoms with Crippen molar-refractivity contribution in [1.82, 2.24) is 0 Å². The molecule has 1 rings (SSSR count). The molecule has 0 spiro atoms. The van der Waals surface area contributed by atoms with Gasteiger partial charge < -0.3 is 0 Å². The molecule has 0 bridgehead atoms. The van der Waals surface area contributed by atoms with Gasteiger partial charge in [0.15, 0.2) is 0 Å². The lowest BCUT2D eigenvalue weighted by molar-refractivity contribution is 1.14. The van der Waals surface area contributed by atoms with Gasteiger partial charge in [-0.15, -0.1) is 0 Å². The van der Waals surface area contributed by atoms with Crippen LogP contribution in [0.1, 0.15) is 46.8 Å². The highest BCUT2D eigenvalue weighted by Gasteiger charge is 1.84. The SMILES string of the molecule is C.C.CC.CCc1ccc(C)cc1. The maximum atomic E-state index is 2.18. The number of hydrogen-bond donors (Lipinski definition) is 0. The molecular weight excluding hydrogens is 156 g/mol. The van der Waals surface area contributed by atoms with Crippen molar-refractivity contribution in [2.45, 2.75) is 49.0 Å². The van der Waals surface area contributed by atoms with Gasteiger partial charge in [0, 0.05) is 0 Å². The number of benzene rings is 1. The molecule has 0 fully saturated rings.